The SMILES string of the molecule is CCCc1nc(COC)ncc1C(=O)OCC. The van der Waals surface area contributed by atoms with E-state index in [1.807, 2.05) is 6.92 Å². The Bertz CT molecular complexity index is 380. The van der Waals surface area contributed by atoms with Crippen LogP contribution in [0.3, 0.4) is 0 Å². The van der Waals surface area contributed by atoms with Crippen molar-refractivity contribution in [2.75, 3.05) is 13.7 Å². The van der Waals surface area contributed by atoms with E-state index in [1.165, 1.54) is 6.20 Å². The highest BCUT2D eigenvalue weighted by molar-refractivity contribution is 5.90. The third-order valence-electron chi connectivity index (χ3n) is 2.17. The number of aromatic nitrogens is 2. The first kappa shape index (κ1) is 13.6. The molecule has 0 saturated heterocycles. The van der Waals surface area contributed by atoms with Gasteiger partial charge in [0.25, 0.3) is 0 Å². The van der Waals surface area contributed by atoms with E-state index in [9.17, 15) is 4.79 Å². The first-order chi connectivity index (χ1) is 8.22. The van der Waals surface area contributed by atoms with Gasteiger partial charge in [-0.15, -0.1) is 0 Å². The number of carbonyl (C=O) groups excluding carboxylic acids is 1. The number of hydrogen-bond acceptors (Lipinski definition) is 5. The molecule has 5 nitrogen and oxygen atoms in total. The fourth-order valence-corrected chi connectivity index (χ4v) is 1.46. The maximum absolute atomic E-state index is 11.7. The highest BCUT2D eigenvalue weighted by Gasteiger charge is 2.14. The summed E-state index contributed by atoms with van der Waals surface area (Å²) in [6, 6.07) is 0. The minimum absolute atomic E-state index is 0.347. The van der Waals surface area contributed by atoms with Crippen molar-refractivity contribution < 1.29 is 14.3 Å². The second-order valence-electron chi connectivity index (χ2n) is 3.55. The van der Waals surface area contributed by atoms with Gasteiger partial charge in [-0.1, -0.05) is 13.3 Å². The number of ether oxygens (including phenoxy) is 2. The number of aryl methyl sites for hydroxylation is 1. The standard InChI is InChI=1S/C12H18N2O3/c1-4-6-10-9(12(15)17-5-2)7-13-11(14-10)8-16-3/h7H,4-6,8H2,1-3H3. The van der Waals surface area contributed by atoms with E-state index in [0.29, 0.717) is 24.6 Å². The number of hydrogen-bond donors (Lipinski definition) is 0. The summed E-state index contributed by atoms with van der Waals surface area (Å²) in [5.41, 5.74) is 1.18. The van der Waals surface area contributed by atoms with Gasteiger partial charge in [0.1, 0.15) is 6.61 Å². The molecule has 0 atom stereocenters. The Balaban J connectivity index is 2.98. The molecule has 0 radical (unpaired) electrons. The summed E-state index contributed by atoms with van der Waals surface area (Å²) < 4.78 is 9.93. The van der Waals surface area contributed by atoms with Crippen molar-refractivity contribution >= 4 is 5.97 Å². The Morgan fingerprint density at radius 3 is 2.76 bits per heavy atom. The van der Waals surface area contributed by atoms with Crippen LogP contribution in [0, 0.1) is 0 Å². The normalized spacial score (nSPS) is 10.3. The lowest BCUT2D eigenvalue weighted by Crippen LogP contribution is -2.12. The third kappa shape index (κ3) is 3.78. The van der Waals surface area contributed by atoms with Gasteiger partial charge in [0, 0.05) is 13.3 Å². The monoisotopic (exact) mass is 238 g/mol. The smallest absolute Gasteiger partial charge is 0.341 e. The van der Waals surface area contributed by atoms with E-state index in [4.69, 9.17) is 9.47 Å². The molecule has 17 heavy (non-hydrogen) atoms. The molecule has 0 aliphatic rings. The van der Waals surface area contributed by atoms with Crippen LogP contribution in [-0.4, -0.2) is 29.7 Å². The van der Waals surface area contributed by atoms with Gasteiger partial charge in [-0.2, -0.15) is 0 Å². The second kappa shape index (κ2) is 6.96. The molecule has 0 amide bonds. The number of carbonyl (C=O) groups is 1. The van der Waals surface area contributed by atoms with Gasteiger partial charge in [-0.3, -0.25) is 0 Å². The Labute approximate surface area is 101 Å². The molecule has 0 unspecified atom stereocenters. The van der Waals surface area contributed by atoms with Gasteiger partial charge < -0.3 is 9.47 Å². The quantitative estimate of drug-likeness (QED) is 0.706. The van der Waals surface area contributed by atoms with Crippen molar-refractivity contribution in [3.05, 3.63) is 23.3 Å². The predicted molar refractivity (Wildman–Crippen MR) is 62.7 cm³/mol. The number of methoxy groups -OCH3 is 1. The maximum Gasteiger partial charge on any atom is 0.341 e. The Morgan fingerprint density at radius 1 is 1.41 bits per heavy atom. The Morgan fingerprint density at radius 2 is 2.18 bits per heavy atom. The van der Waals surface area contributed by atoms with E-state index in [0.717, 1.165) is 18.5 Å². The third-order valence-corrected chi connectivity index (χ3v) is 2.17. The van der Waals surface area contributed by atoms with Crippen LogP contribution in [0.25, 0.3) is 0 Å². The minimum Gasteiger partial charge on any atom is -0.462 e. The lowest BCUT2D eigenvalue weighted by molar-refractivity contribution is 0.0523. The molecule has 0 fully saturated rings. The Kier molecular flexibility index (Phi) is 5.56. The van der Waals surface area contributed by atoms with Crippen LogP contribution < -0.4 is 0 Å². The van der Waals surface area contributed by atoms with E-state index >= 15 is 0 Å². The van der Waals surface area contributed by atoms with Crippen molar-refractivity contribution in [3.8, 4) is 0 Å². The molecule has 1 rings (SSSR count). The largest absolute Gasteiger partial charge is 0.462 e. The molecular formula is C12H18N2O3. The van der Waals surface area contributed by atoms with Gasteiger partial charge >= 0.3 is 5.97 Å². The van der Waals surface area contributed by atoms with Gasteiger partial charge in [0.05, 0.1) is 17.9 Å². The minimum atomic E-state index is -0.361. The number of rotatable bonds is 6. The lowest BCUT2D eigenvalue weighted by atomic mass is 10.1. The number of nitrogens with zero attached hydrogens (tertiary/aromatic N) is 2. The highest BCUT2D eigenvalue weighted by Crippen LogP contribution is 2.10. The molecule has 5 heteroatoms. The summed E-state index contributed by atoms with van der Waals surface area (Å²) in [5, 5.41) is 0. The molecule has 0 aliphatic heterocycles. The molecule has 1 aromatic heterocycles. The zero-order valence-electron chi connectivity index (χ0n) is 10.5. The molecule has 0 bridgehead atoms. The summed E-state index contributed by atoms with van der Waals surface area (Å²) in [6.45, 7) is 4.51. The van der Waals surface area contributed by atoms with E-state index in [1.54, 1.807) is 14.0 Å². The first-order valence-corrected chi connectivity index (χ1v) is 5.73. The van der Waals surface area contributed by atoms with Crippen molar-refractivity contribution in [3.63, 3.8) is 0 Å². The highest BCUT2D eigenvalue weighted by atomic mass is 16.5. The Hall–Kier alpha value is -1.49. The molecule has 0 spiro atoms. The van der Waals surface area contributed by atoms with E-state index in [-0.39, 0.29) is 5.97 Å². The van der Waals surface area contributed by atoms with Crippen LogP contribution in [0.1, 0.15) is 42.1 Å². The molecule has 0 aromatic carbocycles. The zero-order valence-corrected chi connectivity index (χ0v) is 10.5. The summed E-state index contributed by atoms with van der Waals surface area (Å²) in [6.07, 6.45) is 3.16. The zero-order chi connectivity index (χ0) is 12.7. The van der Waals surface area contributed by atoms with Crippen molar-refractivity contribution in [2.45, 2.75) is 33.3 Å². The van der Waals surface area contributed by atoms with Crippen LogP contribution in [0.2, 0.25) is 0 Å². The van der Waals surface area contributed by atoms with Crippen LogP contribution in [0.4, 0.5) is 0 Å². The topological polar surface area (TPSA) is 61.3 Å². The molecule has 0 N–H and O–H groups in total. The molecular weight excluding hydrogens is 220 g/mol. The van der Waals surface area contributed by atoms with E-state index in [2.05, 4.69) is 9.97 Å². The lowest BCUT2D eigenvalue weighted by Gasteiger charge is -2.08. The maximum atomic E-state index is 11.7. The second-order valence-corrected chi connectivity index (χ2v) is 3.55. The summed E-state index contributed by atoms with van der Waals surface area (Å²) in [4.78, 5) is 20.1. The summed E-state index contributed by atoms with van der Waals surface area (Å²) in [7, 11) is 1.59. The first-order valence-electron chi connectivity index (χ1n) is 5.73. The van der Waals surface area contributed by atoms with Gasteiger partial charge in [0.15, 0.2) is 5.82 Å². The fraction of sp³-hybridized carbons (Fsp3) is 0.583. The summed E-state index contributed by atoms with van der Waals surface area (Å²) in [5.74, 6) is 0.226. The van der Waals surface area contributed by atoms with Gasteiger partial charge in [0.2, 0.25) is 0 Å². The average Bonchev–Trinajstić information content (AvgIpc) is 2.30. The molecule has 94 valence electrons. The number of esters is 1. The molecule has 0 aliphatic carbocycles. The van der Waals surface area contributed by atoms with Crippen LogP contribution in [-0.2, 0) is 22.5 Å². The van der Waals surface area contributed by atoms with E-state index < -0.39 is 0 Å². The van der Waals surface area contributed by atoms with Crippen LogP contribution >= 0.6 is 0 Å². The van der Waals surface area contributed by atoms with Crippen molar-refractivity contribution in [2.24, 2.45) is 0 Å². The fourth-order valence-electron chi connectivity index (χ4n) is 1.46. The van der Waals surface area contributed by atoms with Gasteiger partial charge in [-0.25, -0.2) is 14.8 Å². The van der Waals surface area contributed by atoms with Crippen molar-refractivity contribution in [1.29, 1.82) is 0 Å². The summed E-state index contributed by atoms with van der Waals surface area (Å²) >= 11 is 0. The van der Waals surface area contributed by atoms with Gasteiger partial charge in [-0.05, 0) is 13.3 Å². The average molecular weight is 238 g/mol. The molecule has 1 heterocycles. The molecule has 0 saturated carbocycles. The van der Waals surface area contributed by atoms with Crippen LogP contribution in [0.5, 0.6) is 0 Å². The van der Waals surface area contributed by atoms with Crippen molar-refractivity contribution in [1.82, 2.24) is 9.97 Å². The molecule has 1 aromatic rings. The predicted octanol–water partition coefficient (Wildman–Crippen LogP) is 1.75. The van der Waals surface area contributed by atoms with Crippen LogP contribution in [0.15, 0.2) is 6.20 Å².